The molecule has 2 unspecified atom stereocenters. The van der Waals surface area contributed by atoms with Crippen molar-refractivity contribution in [3.63, 3.8) is 0 Å². The maximum Gasteiger partial charge on any atom is 0.325 e. The average molecular weight is 254 g/mol. The highest BCUT2D eigenvalue weighted by Gasteiger charge is 2.47. The maximum atomic E-state index is 12.5. The Morgan fingerprint density at radius 1 is 1.33 bits per heavy atom. The third kappa shape index (κ3) is 2.11. The van der Waals surface area contributed by atoms with Gasteiger partial charge in [-0.25, -0.2) is 0 Å². The van der Waals surface area contributed by atoms with Crippen molar-refractivity contribution >= 4 is 11.9 Å². The number of nitrogens with zero attached hydrogens (tertiary/aromatic N) is 1. The Labute approximate surface area is 107 Å². The van der Waals surface area contributed by atoms with E-state index in [1.54, 1.807) is 4.90 Å². The van der Waals surface area contributed by atoms with Crippen LogP contribution in [0.2, 0.25) is 0 Å². The topological polar surface area (TPSA) is 83.6 Å². The van der Waals surface area contributed by atoms with Gasteiger partial charge in [-0.15, -0.1) is 0 Å². The minimum absolute atomic E-state index is 0.0219. The molecule has 5 nitrogen and oxygen atoms in total. The van der Waals surface area contributed by atoms with Gasteiger partial charge in [-0.1, -0.05) is 20.3 Å². The number of amides is 1. The molecule has 1 aliphatic carbocycles. The Bertz CT molecular complexity index is 380. The fraction of sp³-hybridized carbons (Fsp3) is 0.846. The van der Waals surface area contributed by atoms with Crippen molar-refractivity contribution in [2.75, 3.05) is 13.1 Å². The van der Waals surface area contributed by atoms with Crippen molar-refractivity contribution < 1.29 is 14.7 Å². The molecule has 1 aliphatic heterocycles. The molecule has 102 valence electrons. The molecule has 0 aromatic carbocycles. The van der Waals surface area contributed by atoms with Gasteiger partial charge in [0.25, 0.3) is 0 Å². The molecule has 0 radical (unpaired) electrons. The lowest BCUT2D eigenvalue weighted by Gasteiger charge is -2.30. The van der Waals surface area contributed by atoms with E-state index in [0.717, 1.165) is 19.3 Å². The summed E-state index contributed by atoms with van der Waals surface area (Å²) in [6.45, 7) is 4.85. The molecule has 2 aliphatic rings. The molecular formula is C13H22N2O3. The van der Waals surface area contributed by atoms with E-state index >= 15 is 0 Å². The van der Waals surface area contributed by atoms with Crippen LogP contribution in [0.1, 0.15) is 39.5 Å². The molecule has 1 saturated heterocycles. The summed E-state index contributed by atoms with van der Waals surface area (Å²) >= 11 is 0. The lowest BCUT2D eigenvalue weighted by atomic mass is 9.81. The predicted molar refractivity (Wildman–Crippen MR) is 66.9 cm³/mol. The second-order valence-corrected chi connectivity index (χ2v) is 6.40. The predicted octanol–water partition coefficient (Wildman–Crippen LogP) is 0.827. The second kappa shape index (κ2) is 4.23. The van der Waals surface area contributed by atoms with Gasteiger partial charge in [0.1, 0.15) is 5.54 Å². The Morgan fingerprint density at radius 2 is 2.00 bits per heavy atom. The van der Waals surface area contributed by atoms with Gasteiger partial charge in [0, 0.05) is 19.0 Å². The number of carbonyl (C=O) groups excluding carboxylic acids is 1. The van der Waals surface area contributed by atoms with Gasteiger partial charge in [0.15, 0.2) is 0 Å². The van der Waals surface area contributed by atoms with E-state index in [2.05, 4.69) is 13.8 Å². The fourth-order valence-electron chi connectivity index (χ4n) is 3.20. The third-order valence-electron chi connectivity index (χ3n) is 4.59. The van der Waals surface area contributed by atoms with Crippen LogP contribution in [-0.2, 0) is 9.59 Å². The van der Waals surface area contributed by atoms with Crippen molar-refractivity contribution in [2.24, 2.45) is 17.1 Å². The van der Waals surface area contributed by atoms with Crippen molar-refractivity contribution in [1.82, 2.24) is 4.90 Å². The summed E-state index contributed by atoms with van der Waals surface area (Å²) in [5.74, 6) is -0.900. The van der Waals surface area contributed by atoms with Crippen molar-refractivity contribution in [1.29, 1.82) is 0 Å². The number of carbonyl (C=O) groups is 2. The fourth-order valence-corrected chi connectivity index (χ4v) is 3.20. The molecule has 0 aromatic rings. The minimum Gasteiger partial charge on any atom is -0.480 e. The van der Waals surface area contributed by atoms with Gasteiger partial charge in [-0.05, 0) is 24.7 Å². The molecule has 2 rings (SSSR count). The number of carboxylic acids is 1. The largest absolute Gasteiger partial charge is 0.480 e. The highest BCUT2D eigenvalue weighted by Crippen LogP contribution is 2.44. The van der Waals surface area contributed by atoms with Crippen LogP contribution >= 0.6 is 0 Å². The number of carboxylic acid groups (broad SMARTS) is 1. The molecule has 0 aromatic heterocycles. The van der Waals surface area contributed by atoms with Gasteiger partial charge >= 0.3 is 5.97 Å². The van der Waals surface area contributed by atoms with Crippen molar-refractivity contribution in [3.8, 4) is 0 Å². The molecule has 2 fully saturated rings. The standard InChI is InChI=1S/C13H22N2O3/c1-12(2)5-3-4-9(12)10(16)15-7-6-13(14,8-15)11(17)18/h9H,3-8,14H2,1-2H3,(H,17,18). The van der Waals surface area contributed by atoms with Crippen LogP contribution in [0.5, 0.6) is 0 Å². The van der Waals surface area contributed by atoms with Crippen LogP contribution in [0.4, 0.5) is 0 Å². The van der Waals surface area contributed by atoms with E-state index in [1.807, 2.05) is 0 Å². The van der Waals surface area contributed by atoms with E-state index in [0.29, 0.717) is 13.0 Å². The first kappa shape index (κ1) is 13.3. The van der Waals surface area contributed by atoms with E-state index < -0.39 is 11.5 Å². The van der Waals surface area contributed by atoms with Gasteiger partial charge in [0.05, 0.1) is 0 Å². The van der Waals surface area contributed by atoms with E-state index in [1.165, 1.54) is 0 Å². The molecule has 2 atom stereocenters. The molecule has 0 spiro atoms. The Morgan fingerprint density at radius 3 is 2.44 bits per heavy atom. The summed E-state index contributed by atoms with van der Waals surface area (Å²) in [5.41, 5.74) is 4.58. The summed E-state index contributed by atoms with van der Waals surface area (Å²) in [6, 6.07) is 0. The summed E-state index contributed by atoms with van der Waals surface area (Å²) in [7, 11) is 0. The number of aliphatic carboxylic acids is 1. The zero-order valence-electron chi connectivity index (χ0n) is 11.1. The lowest BCUT2D eigenvalue weighted by molar-refractivity contribution is -0.143. The van der Waals surface area contributed by atoms with Gasteiger partial charge in [0.2, 0.25) is 5.91 Å². The lowest BCUT2D eigenvalue weighted by Crippen LogP contribution is -2.51. The zero-order chi connectivity index (χ0) is 13.6. The maximum absolute atomic E-state index is 12.5. The van der Waals surface area contributed by atoms with Crippen LogP contribution in [0.15, 0.2) is 0 Å². The first-order chi connectivity index (χ1) is 8.26. The average Bonchev–Trinajstić information content (AvgIpc) is 2.82. The van der Waals surface area contributed by atoms with E-state index in [9.17, 15) is 9.59 Å². The van der Waals surface area contributed by atoms with Gasteiger partial charge < -0.3 is 15.7 Å². The third-order valence-corrected chi connectivity index (χ3v) is 4.59. The Hall–Kier alpha value is -1.10. The number of nitrogens with two attached hydrogens (primary N) is 1. The molecule has 18 heavy (non-hydrogen) atoms. The number of hydrogen-bond donors (Lipinski definition) is 2. The minimum atomic E-state index is -1.25. The first-order valence-electron chi connectivity index (χ1n) is 6.57. The van der Waals surface area contributed by atoms with E-state index in [-0.39, 0.29) is 23.8 Å². The number of hydrogen-bond acceptors (Lipinski definition) is 3. The molecule has 0 bridgehead atoms. The first-order valence-corrected chi connectivity index (χ1v) is 6.57. The van der Waals surface area contributed by atoms with Crippen LogP contribution < -0.4 is 5.73 Å². The Kier molecular flexibility index (Phi) is 3.13. The number of likely N-dealkylation sites (tertiary alicyclic amines) is 1. The van der Waals surface area contributed by atoms with Gasteiger partial charge in [-0.2, -0.15) is 0 Å². The van der Waals surface area contributed by atoms with Crippen LogP contribution in [0.25, 0.3) is 0 Å². The highest BCUT2D eigenvalue weighted by atomic mass is 16.4. The van der Waals surface area contributed by atoms with E-state index in [4.69, 9.17) is 10.8 Å². The summed E-state index contributed by atoms with van der Waals surface area (Å²) in [6.07, 6.45) is 3.39. The zero-order valence-corrected chi connectivity index (χ0v) is 11.1. The quantitative estimate of drug-likeness (QED) is 0.764. The highest BCUT2D eigenvalue weighted by molar-refractivity contribution is 5.84. The summed E-state index contributed by atoms with van der Waals surface area (Å²) in [4.78, 5) is 25.2. The van der Waals surface area contributed by atoms with Crippen LogP contribution in [0, 0.1) is 11.3 Å². The van der Waals surface area contributed by atoms with Crippen molar-refractivity contribution in [2.45, 2.75) is 45.1 Å². The summed E-state index contributed by atoms with van der Waals surface area (Å²) in [5, 5.41) is 9.08. The van der Waals surface area contributed by atoms with Crippen LogP contribution in [-0.4, -0.2) is 40.5 Å². The molecule has 3 N–H and O–H groups in total. The monoisotopic (exact) mass is 254 g/mol. The molecule has 1 saturated carbocycles. The molecule has 5 heteroatoms. The normalized spacial score (nSPS) is 34.8. The Balaban J connectivity index is 2.06. The molecular weight excluding hydrogens is 232 g/mol. The molecule has 1 amide bonds. The summed E-state index contributed by atoms with van der Waals surface area (Å²) < 4.78 is 0. The van der Waals surface area contributed by atoms with Crippen molar-refractivity contribution in [3.05, 3.63) is 0 Å². The smallest absolute Gasteiger partial charge is 0.325 e. The second-order valence-electron chi connectivity index (χ2n) is 6.40. The van der Waals surface area contributed by atoms with Gasteiger partial charge in [-0.3, -0.25) is 9.59 Å². The van der Waals surface area contributed by atoms with Crippen LogP contribution in [0.3, 0.4) is 0 Å². The molecule has 1 heterocycles. The number of rotatable bonds is 2. The SMILES string of the molecule is CC1(C)CCCC1C(=O)N1CCC(N)(C(=O)O)C1.